The van der Waals surface area contributed by atoms with E-state index >= 15 is 0 Å². The Morgan fingerprint density at radius 2 is 2.36 bits per heavy atom. The molecule has 1 aliphatic carbocycles. The third-order valence-electron chi connectivity index (χ3n) is 3.47. The van der Waals surface area contributed by atoms with E-state index in [2.05, 4.69) is 19.6 Å². The predicted molar refractivity (Wildman–Crippen MR) is 56.8 cm³/mol. The van der Waals surface area contributed by atoms with Gasteiger partial charge in [-0.15, -0.1) is 0 Å². The minimum Gasteiger partial charge on any atom is -0.338 e. The van der Waals surface area contributed by atoms with E-state index in [1.54, 1.807) is 0 Å². The van der Waals surface area contributed by atoms with Crippen LogP contribution in [0.5, 0.6) is 0 Å². The molecule has 1 amide bonds. The quantitative estimate of drug-likeness (QED) is 0.459. The Labute approximate surface area is 85.3 Å². The maximum atomic E-state index is 11.3. The molecule has 1 heterocycles. The van der Waals surface area contributed by atoms with Crippen molar-refractivity contribution < 1.29 is 4.79 Å². The van der Waals surface area contributed by atoms with Gasteiger partial charge in [-0.25, -0.2) is 0 Å². The van der Waals surface area contributed by atoms with Crippen molar-refractivity contribution in [3.63, 3.8) is 0 Å². The maximum absolute atomic E-state index is 11.3. The number of rotatable bonds is 1. The number of hydrogen-bond acceptors (Lipinski definition) is 1. The van der Waals surface area contributed by atoms with Crippen LogP contribution in [-0.2, 0) is 4.79 Å². The molecular weight excluding hydrogens is 174 g/mol. The maximum Gasteiger partial charge on any atom is 0.245 e. The summed E-state index contributed by atoms with van der Waals surface area (Å²) in [6.45, 7) is 7.56. The molecule has 0 radical (unpaired) electrons. The van der Waals surface area contributed by atoms with Gasteiger partial charge < -0.3 is 4.90 Å². The van der Waals surface area contributed by atoms with Crippen molar-refractivity contribution in [3.05, 3.63) is 24.3 Å². The van der Waals surface area contributed by atoms with Gasteiger partial charge in [0, 0.05) is 18.5 Å². The summed E-state index contributed by atoms with van der Waals surface area (Å²) >= 11 is 0. The van der Waals surface area contributed by atoms with E-state index in [0.717, 1.165) is 19.5 Å². The van der Waals surface area contributed by atoms with Crippen molar-refractivity contribution in [2.24, 2.45) is 5.41 Å². The third kappa shape index (κ3) is 1.49. The summed E-state index contributed by atoms with van der Waals surface area (Å²) in [5.41, 5.74) is 1.92. The molecule has 2 heteroatoms. The van der Waals surface area contributed by atoms with Crippen LogP contribution in [0.15, 0.2) is 24.3 Å². The Kier molecular flexibility index (Phi) is 2.22. The Morgan fingerprint density at radius 1 is 1.64 bits per heavy atom. The standard InChI is InChI=1S/C12H17NO/c1-3-11(14)13-8-12(9-13)6-4-10(2)5-7-12/h3-4H,1,5-9H2,2H3. The van der Waals surface area contributed by atoms with E-state index in [1.165, 1.54) is 24.5 Å². The average molecular weight is 191 g/mol. The fourth-order valence-electron chi connectivity index (χ4n) is 2.39. The van der Waals surface area contributed by atoms with Crippen molar-refractivity contribution in [1.29, 1.82) is 0 Å². The van der Waals surface area contributed by atoms with Crippen LogP contribution in [0, 0.1) is 5.41 Å². The van der Waals surface area contributed by atoms with Gasteiger partial charge in [0.05, 0.1) is 0 Å². The minimum absolute atomic E-state index is 0.0851. The van der Waals surface area contributed by atoms with Crippen LogP contribution in [0.25, 0.3) is 0 Å². The molecule has 76 valence electrons. The number of allylic oxidation sites excluding steroid dienone is 2. The molecule has 0 aromatic rings. The largest absolute Gasteiger partial charge is 0.338 e. The van der Waals surface area contributed by atoms with Gasteiger partial charge in [0.2, 0.25) is 5.91 Å². The zero-order valence-electron chi connectivity index (χ0n) is 8.75. The second-order valence-electron chi connectivity index (χ2n) is 4.65. The molecule has 2 nitrogen and oxygen atoms in total. The van der Waals surface area contributed by atoms with E-state index in [1.807, 2.05) is 4.90 Å². The number of nitrogens with zero attached hydrogens (tertiary/aromatic N) is 1. The molecule has 2 aliphatic rings. The van der Waals surface area contributed by atoms with E-state index in [9.17, 15) is 4.79 Å². The van der Waals surface area contributed by atoms with Gasteiger partial charge in [0.15, 0.2) is 0 Å². The molecule has 2 rings (SSSR count). The first kappa shape index (κ1) is 9.50. The number of carbonyl (C=O) groups is 1. The van der Waals surface area contributed by atoms with Crippen molar-refractivity contribution >= 4 is 5.91 Å². The smallest absolute Gasteiger partial charge is 0.245 e. The molecule has 0 aromatic heterocycles. The summed E-state index contributed by atoms with van der Waals surface area (Å²) in [5, 5.41) is 0. The minimum atomic E-state index is 0.0851. The van der Waals surface area contributed by atoms with Crippen molar-refractivity contribution in [2.75, 3.05) is 13.1 Å². The highest BCUT2D eigenvalue weighted by atomic mass is 16.2. The molecule has 1 fully saturated rings. The Morgan fingerprint density at radius 3 is 2.86 bits per heavy atom. The molecule has 14 heavy (non-hydrogen) atoms. The molecule has 1 spiro atoms. The van der Waals surface area contributed by atoms with Gasteiger partial charge in [-0.1, -0.05) is 18.2 Å². The van der Waals surface area contributed by atoms with E-state index in [0.29, 0.717) is 5.41 Å². The number of amides is 1. The third-order valence-corrected chi connectivity index (χ3v) is 3.47. The van der Waals surface area contributed by atoms with Crippen LogP contribution >= 0.6 is 0 Å². The van der Waals surface area contributed by atoms with Gasteiger partial charge >= 0.3 is 0 Å². The van der Waals surface area contributed by atoms with Crippen LogP contribution in [0.3, 0.4) is 0 Å². The Balaban J connectivity index is 1.93. The van der Waals surface area contributed by atoms with Crippen LogP contribution in [-0.4, -0.2) is 23.9 Å². The van der Waals surface area contributed by atoms with Crippen molar-refractivity contribution in [3.8, 4) is 0 Å². The summed E-state index contributed by atoms with van der Waals surface area (Å²) in [7, 11) is 0. The lowest BCUT2D eigenvalue weighted by atomic mass is 9.69. The lowest BCUT2D eigenvalue weighted by Crippen LogP contribution is -2.58. The summed E-state index contributed by atoms with van der Waals surface area (Å²) < 4.78 is 0. The second kappa shape index (κ2) is 3.26. The highest BCUT2D eigenvalue weighted by molar-refractivity contribution is 5.87. The molecule has 1 aliphatic heterocycles. The van der Waals surface area contributed by atoms with Gasteiger partial charge in [-0.2, -0.15) is 0 Å². The number of carbonyl (C=O) groups excluding carboxylic acids is 1. The fraction of sp³-hybridized carbons (Fsp3) is 0.583. The molecule has 0 aromatic carbocycles. The van der Waals surface area contributed by atoms with Gasteiger partial charge in [-0.3, -0.25) is 4.79 Å². The summed E-state index contributed by atoms with van der Waals surface area (Å²) in [6, 6.07) is 0. The monoisotopic (exact) mass is 191 g/mol. The molecule has 1 saturated heterocycles. The first-order valence-electron chi connectivity index (χ1n) is 5.22. The first-order chi connectivity index (χ1) is 6.65. The summed E-state index contributed by atoms with van der Waals surface area (Å²) in [5.74, 6) is 0.0851. The highest BCUT2D eigenvalue weighted by Gasteiger charge is 2.44. The van der Waals surface area contributed by atoms with E-state index < -0.39 is 0 Å². The molecule has 0 unspecified atom stereocenters. The zero-order valence-corrected chi connectivity index (χ0v) is 8.75. The molecule has 0 N–H and O–H groups in total. The lowest BCUT2D eigenvalue weighted by Gasteiger charge is -2.51. The van der Waals surface area contributed by atoms with Crippen molar-refractivity contribution in [1.82, 2.24) is 4.90 Å². The Bertz CT molecular complexity index is 297. The van der Waals surface area contributed by atoms with Gasteiger partial charge in [0.1, 0.15) is 0 Å². The summed E-state index contributed by atoms with van der Waals surface area (Å²) in [4.78, 5) is 13.2. The van der Waals surface area contributed by atoms with Crippen LogP contribution in [0.4, 0.5) is 0 Å². The van der Waals surface area contributed by atoms with Crippen LogP contribution in [0.1, 0.15) is 26.2 Å². The molecule has 0 atom stereocenters. The van der Waals surface area contributed by atoms with Gasteiger partial charge in [-0.05, 0) is 32.3 Å². The number of likely N-dealkylation sites (tertiary alicyclic amines) is 1. The number of hydrogen-bond donors (Lipinski definition) is 0. The highest BCUT2D eigenvalue weighted by Crippen LogP contribution is 2.42. The normalized spacial score (nSPS) is 24.1. The van der Waals surface area contributed by atoms with Crippen molar-refractivity contribution in [2.45, 2.75) is 26.2 Å². The molecule has 0 bridgehead atoms. The average Bonchev–Trinajstić information content (AvgIpc) is 2.15. The van der Waals surface area contributed by atoms with E-state index in [4.69, 9.17) is 0 Å². The lowest BCUT2D eigenvalue weighted by molar-refractivity contribution is -0.138. The topological polar surface area (TPSA) is 20.3 Å². The SMILES string of the molecule is C=CC(=O)N1CC2(CC=C(C)CC2)C1. The van der Waals surface area contributed by atoms with E-state index in [-0.39, 0.29) is 5.91 Å². The van der Waals surface area contributed by atoms with Crippen LogP contribution in [0.2, 0.25) is 0 Å². The first-order valence-corrected chi connectivity index (χ1v) is 5.22. The predicted octanol–water partition coefficient (Wildman–Crippen LogP) is 2.13. The fourth-order valence-corrected chi connectivity index (χ4v) is 2.39. The Hall–Kier alpha value is -1.05. The van der Waals surface area contributed by atoms with Crippen LogP contribution < -0.4 is 0 Å². The summed E-state index contributed by atoms with van der Waals surface area (Å²) in [6.07, 6.45) is 7.35. The molecular formula is C12H17NO. The second-order valence-corrected chi connectivity index (χ2v) is 4.65. The van der Waals surface area contributed by atoms with Gasteiger partial charge in [0.25, 0.3) is 0 Å². The zero-order chi connectivity index (χ0) is 10.2. The molecule has 0 saturated carbocycles.